The van der Waals surface area contributed by atoms with Gasteiger partial charge in [-0.2, -0.15) is 0 Å². The lowest BCUT2D eigenvalue weighted by atomic mass is 9.66. The van der Waals surface area contributed by atoms with Gasteiger partial charge in [0.2, 0.25) is 0 Å². The van der Waals surface area contributed by atoms with Gasteiger partial charge in [-0.15, -0.1) is 0 Å². The van der Waals surface area contributed by atoms with Gasteiger partial charge in [-0.05, 0) is 34.8 Å². The molecule has 4 rings (SSSR count). The van der Waals surface area contributed by atoms with E-state index in [4.69, 9.17) is 0 Å². The standard InChI is InChI=1S/C18H14BBrN2/c20-16-10-4-2-8-14(16)13-7-1-3-9-15(13)19-21-17-11-5-6-12-18(17)22-19/h1-12,21-22H. The number of anilines is 2. The number of nitrogens with one attached hydrogen (secondary N) is 2. The molecule has 0 bridgehead atoms. The van der Waals surface area contributed by atoms with Gasteiger partial charge in [0, 0.05) is 15.8 Å². The zero-order chi connectivity index (χ0) is 14.9. The maximum Gasteiger partial charge on any atom is 0.406 e. The van der Waals surface area contributed by atoms with E-state index in [1.165, 1.54) is 16.6 Å². The highest BCUT2D eigenvalue weighted by atomic mass is 79.9. The minimum atomic E-state index is 0.0840. The van der Waals surface area contributed by atoms with E-state index in [1.54, 1.807) is 0 Å². The van der Waals surface area contributed by atoms with Crippen LogP contribution in [0.2, 0.25) is 0 Å². The molecule has 0 amide bonds. The molecule has 0 saturated heterocycles. The fourth-order valence-electron chi connectivity index (χ4n) is 2.91. The maximum absolute atomic E-state index is 3.66. The highest BCUT2D eigenvalue weighted by molar-refractivity contribution is 9.10. The fourth-order valence-corrected chi connectivity index (χ4v) is 3.41. The first-order chi connectivity index (χ1) is 10.8. The highest BCUT2D eigenvalue weighted by Crippen LogP contribution is 2.30. The number of para-hydroxylation sites is 2. The van der Waals surface area contributed by atoms with Crippen LogP contribution in [-0.4, -0.2) is 6.98 Å². The first-order valence-electron chi connectivity index (χ1n) is 7.29. The Bertz CT molecular complexity index is 810. The summed E-state index contributed by atoms with van der Waals surface area (Å²) in [4.78, 5) is 0. The van der Waals surface area contributed by atoms with Crippen LogP contribution in [0, 0.1) is 0 Å². The zero-order valence-corrected chi connectivity index (χ0v) is 13.5. The van der Waals surface area contributed by atoms with Gasteiger partial charge >= 0.3 is 6.98 Å². The van der Waals surface area contributed by atoms with Gasteiger partial charge in [0.15, 0.2) is 0 Å². The van der Waals surface area contributed by atoms with E-state index < -0.39 is 0 Å². The van der Waals surface area contributed by atoms with E-state index in [2.05, 4.69) is 93.1 Å². The van der Waals surface area contributed by atoms with Crippen LogP contribution in [0.1, 0.15) is 0 Å². The largest absolute Gasteiger partial charge is 0.406 e. The lowest BCUT2D eigenvalue weighted by Gasteiger charge is -2.14. The van der Waals surface area contributed by atoms with Crippen LogP contribution in [0.3, 0.4) is 0 Å². The van der Waals surface area contributed by atoms with Crippen molar-refractivity contribution in [1.82, 2.24) is 0 Å². The smallest absolute Gasteiger partial charge is 0.404 e. The van der Waals surface area contributed by atoms with Crippen LogP contribution in [0.4, 0.5) is 11.4 Å². The summed E-state index contributed by atoms with van der Waals surface area (Å²) < 4.78 is 1.11. The van der Waals surface area contributed by atoms with Crippen molar-refractivity contribution >= 4 is 39.8 Å². The summed E-state index contributed by atoms with van der Waals surface area (Å²) in [7, 11) is 0. The van der Waals surface area contributed by atoms with Crippen molar-refractivity contribution < 1.29 is 0 Å². The molecular weight excluding hydrogens is 335 g/mol. The van der Waals surface area contributed by atoms with Crippen molar-refractivity contribution in [3.05, 3.63) is 77.3 Å². The molecule has 1 aliphatic heterocycles. The number of halogens is 1. The number of hydrogen-bond acceptors (Lipinski definition) is 2. The zero-order valence-electron chi connectivity index (χ0n) is 11.9. The molecule has 0 radical (unpaired) electrons. The molecule has 0 saturated carbocycles. The van der Waals surface area contributed by atoms with E-state index in [-0.39, 0.29) is 6.98 Å². The van der Waals surface area contributed by atoms with Crippen molar-refractivity contribution in [1.29, 1.82) is 0 Å². The van der Waals surface area contributed by atoms with Gasteiger partial charge in [-0.1, -0.05) is 70.5 Å². The molecule has 3 aromatic carbocycles. The summed E-state index contributed by atoms with van der Waals surface area (Å²) in [6, 6.07) is 25.1. The van der Waals surface area contributed by atoms with Gasteiger partial charge in [-0.3, -0.25) is 0 Å². The average molecular weight is 349 g/mol. The Hall–Kier alpha value is -2.20. The molecule has 0 aliphatic carbocycles. The average Bonchev–Trinajstić information content (AvgIpc) is 2.99. The van der Waals surface area contributed by atoms with Crippen LogP contribution in [0.15, 0.2) is 77.3 Å². The van der Waals surface area contributed by atoms with Crippen LogP contribution in [0.25, 0.3) is 11.1 Å². The van der Waals surface area contributed by atoms with Gasteiger partial charge in [-0.25, -0.2) is 0 Å². The second-order valence-corrected chi connectivity index (χ2v) is 6.19. The number of fused-ring (bicyclic) bond motifs is 1. The summed E-state index contributed by atoms with van der Waals surface area (Å²) in [6.45, 7) is 0.0840. The normalized spacial score (nSPS) is 12.5. The van der Waals surface area contributed by atoms with E-state index in [0.717, 1.165) is 15.8 Å². The van der Waals surface area contributed by atoms with E-state index in [1.807, 2.05) is 6.07 Å². The van der Waals surface area contributed by atoms with Gasteiger partial charge in [0.05, 0.1) is 0 Å². The van der Waals surface area contributed by atoms with Crippen molar-refractivity contribution in [2.75, 3.05) is 10.5 Å². The molecule has 0 unspecified atom stereocenters. The van der Waals surface area contributed by atoms with Crippen molar-refractivity contribution in [2.24, 2.45) is 0 Å². The molecule has 2 N–H and O–H groups in total. The Labute approximate surface area is 138 Å². The van der Waals surface area contributed by atoms with Gasteiger partial charge < -0.3 is 10.5 Å². The Balaban J connectivity index is 1.77. The predicted octanol–water partition coefficient (Wildman–Crippen LogP) is 4.35. The summed E-state index contributed by atoms with van der Waals surface area (Å²) in [5, 5.41) is 7.11. The Kier molecular flexibility index (Phi) is 3.39. The topological polar surface area (TPSA) is 24.1 Å². The molecule has 0 fully saturated rings. The van der Waals surface area contributed by atoms with E-state index in [9.17, 15) is 0 Å². The third-order valence-electron chi connectivity index (χ3n) is 3.96. The van der Waals surface area contributed by atoms with Gasteiger partial charge in [0.1, 0.15) is 0 Å². The summed E-state index contributed by atoms with van der Waals surface area (Å²) in [5.74, 6) is 0. The minimum absolute atomic E-state index is 0.0840. The van der Waals surface area contributed by atoms with Crippen LogP contribution in [-0.2, 0) is 0 Å². The molecule has 0 atom stereocenters. The summed E-state index contributed by atoms with van der Waals surface area (Å²) >= 11 is 3.66. The second-order valence-electron chi connectivity index (χ2n) is 5.33. The summed E-state index contributed by atoms with van der Waals surface area (Å²) in [6.07, 6.45) is 0. The van der Waals surface area contributed by atoms with Crippen molar-refractivity contribution in [3.63, 3.8) is 0 Å². The predicted molar refractivity (Wildman–Crippen MR) is 98.7 cm³/mol. The Morgan fingerprint density at radius 2 is 1.18 bits per heavy atom. The molecule has 3 aromatic rings. The molecule has 1 aliphatic rings. The van der Waals surface area contributed by atoms with E-state index >= 15 is 0 Å². The first kappa shape index (κ1) is 13.5. The maximum atomic E-state index is 3.66. The monoisotopic (exact) mass is 348 g/mol. The Morgan fingerprint density at radius 3 is 1.86 bits per heavy atom. The van der Waals surface area contributed by atoms with Crippen LogP contribution in [0.5, 0.6) is 0 Å². The lowest BCUT2D eigenvalue weighted by molar-refractivity contribution is 1.60. The van der Waals surface area contributed by atoms with Crippen LogP contribution >= 0.6 is 15.9 Å². The molecule has 0 aromatic heterocycles. The fraction of sp³-hybridized carbons (Fsp3) is 0. The highest BCUT2D eigenvalue weighted by Gasteiger charge is 2.28. The quantitative estimate of drug-likeness (QED) is 0.673. The molecule has 2 nitrogen and oxygen atoms in total. The Morgan fingerprint density at radius 1 is 0.636 bits per heavy atom. The van der Waals surface area contributed by atoms with Crippen molar-refractivity contribution in [3.8, 4) is 11.1 Å². The molecular formula is C18H14BBrN2. The number of benzene rings is 3. The molecule has 0 spiro atoms. The minimum Gasteiger partial charge on any atom is -0.404 e. The van der Waals surface area contributed by atoms with Crippen molar-refractivity contribution in [2.45, 2.75) is 0 Å². The third kappa shape index (κ3) is 2.30. The van der Waals surface area contributed by atoms with E-state index in [0.29, 0.717) is 0 Å². The molecule has 22 heavy (non-hydrogen) atoms. The number of hydrogen-bond donors (Lipinski definition) is 2. The lowest BCUT2D eigenvalue weighted by Crippen LogP contribution is -2.43. The number of rotatable bonds is 2. The summed E-state index contributed by atoms with van der Waals surface area (Å²) in [5.41, 5.74) is 5.97. The van der Waals surface area contributed by atoms with Crippen LogP contribution < -0.4 is 15.9 Å². The molecule has 1 heterocycles. The first-order valence-corrected chi connectivity index (χ1v) is 8.08. The molecule has 106 valence electrons. The second kappa shape index (κ2) is 5.54. The SMILES string of the molecule is Brc1ccccc1-c1ccccc1B1Nc2ccccc2N1. The van der Waals surface area contributed by atoms with Gasteiger partial charge in [0.25, 0.3) is 0 Å². The third-order valence-corrected chi connectivity index (χ3v) is 4.65. The molecule has 4 heteroatoms.